The highest BCUT2D eigenvalue weighted by Crippen LogP contribution is 2.25. The first kappa shape index (κ1) is 17.0. The van der Waals surface area contributed by atoms with Gasteiger partial charge in [-0.2, -0.15) is 0 Å². The van der Waals surface area contributed by atoms with E-state index in [0.717, 1.165) is 16.9 Å². The van der Waals surface area contributed by atoms with Gasteiger partial charge in [0.2, 0.25) is 0 Å². The summed E-state index contributed by atoms with van der Waals surface area (Å²) in [6.07, 6.45) is 1.61. The summed E-state index contributed by atoms with van der Waals surface area (Å²) in [5.74, 6) is -0.133. The number of para-hydroxylation sites is 1. The minimum atomic E-state index is -0.133. The van der Waals surface area contributed by atoms with Crippen molar-refractivity contribution in [2.24, 2.45) is 0 Å². The van der Waals surface area contributed by atoms with Crippen LogP contribution < -0.4 is 5.32 Å². The molecule has 0 saturated carbocycles. The number of rotatable bonds is 5. The van der Waals surface area contributed by atoms with E-state index in [4.69, 9.17) is 11.6 Å². The van der Waals surface area contributed by atoms with Gasteiger partial charge in [-0.3, -0.25) is 9.78 Å². The molecular formula is C20H18ClN3O. The number of pyridine rings is 1. The molecular weight excluding hydrogens is 334 g/mol. The fourth-order valence-corrected chi connectivity index (χ4v) is 2.65. The number of hydrogen-bond acceptors (Lipinski definition) is 3. The van der Waals surface area contributed by atoms with Gasteiger partial charge < -0.3 is 10.2 Å². The van der Waals surface area contributed by atoms with Crippen LogP contribution in [0.15, 0.2) is 72.9 Å². The van der Waals surface area contributed by atoms with E-state index in [1.807, 2.05) is 54.6 Å². The molecule has 0 radical (unpaired) electrons. The van der Waals surface area contributed by atoms with Crippen LogP contribution in [0.3, 0.4) is 0 Å². The zero-order valence-corrected chi connectivity index (χ0v) is 14.6. The third-order valence-corrected chi connectivity index (χ3v) is 4.07. The van der Waals surface area contributed by atoms with Crippen LogP contribution in [0.2, 0.25) is 5.02 Å². The van der Waals surface area contributed by atoms with E-state index in [9.17, 15) is 4.79 Å². The van der Waals surface area contributed by atoms with Gasteiger partial charge >= 0.3 is 0 Å². The van der Waals surface area contributed by atoms with Crippen LogP contribution in [0, 0.1) is 0 Å². The monoisotopic (exact) mass is 351 g/mol. The molecule has 0 aliphatic carbocycles. The topological polar surface area (TPSA) is 45.2 Å². The Bertz CT molecular complexity index is 868. The molecule has 25 heavy (non-hydrogen) atoms. The second-order valence-corrected chi connectivity index (χ2v) is 6.09. The van der Waals surface area contributed by atoms with Crippen molar-refractivity contribution in [3.05, 3.63) is 89.2 Å². The number of carbonyl (C=O) groups excluding carboxylic acids is 1. The first-order valence-corrected chi connectivity index (χ1v) is 8.28. The van der Waals surface area contributed by atoms with Crippen LogP contribution in [-0.2, 0) is 6.54 Å². The third-order valence-electron chi connectivity index (χ3n) is 3.74. The standard InChI is InChI=1S/C20H18ClN3O/c1-24(14-15-7-3-2-4-8-15)20(25)19-13-16(11-12-22-19)23-18-10-6-5-9-17(18)21/h2-13H,14H2,1H3,(H,22,23). The summed E-state index contributed by atoms with van der Waals surface area (Å²) < 4.78 is 0. The summed E-state index contributed by atoms with van der Waals surface area (Å²) in [7, 11) is 1.77. The molecule has 5 heteroatoms. The highest BCUT2D eigenvalue weighted by atomic mass is 35.5. The molecule has 0 saturated heterocycles. The first-order valence-electron chi connectivity index (χ1n) is 7.90. The van der Waals surface area contributed by atoms with Crippen molar-refractivity contribution in [1.29, 1.82) is 0 Å². The molecule has 1 amide bonds. The van der Waals surface area contributed by atoms with Crippen LogP contribution in [0.1, 0.15) is 16.1 Å². The van der Waals surface area contributed by atoms with Gasteiger partial charge in [0.1, 0.15) is 5.69 Å². The largest absolute Gasteiger partial charge is 0.354 e. The van der Waals surface area contributed by atoms with Crippen molar-refractivity contribution in [2.75, 3.05) is 12.4 Å². The average Bonchev–Trinajstić information content (AvgIpc) is 2.64. The second kappa shape index (κ2) is 7.81. The molecule has 3 aromatic rings. The normalized spacial score (nSPS) is 10.3. The number of halogens is 1. The quantitative estimate of drug-likeness (QED) is 0.721. The highest BCUT2D eigenvalue weighted by molar-refractivity contribution is 6.33. The second-order valence-electron chi connectivity index (χ2n) is 5.68. The number of benzene rings is 2. The lowest BCUT2D eigenvalue weighted by atomic mass is 10.2. The molecule has 2 aromatic carbocycles. The molecule has 0 spiro atoms. The zero-order chi connectivity index (χ0) is 17.6. The Morgan fingerprint density at radius 2 is 1.80 bits per heavy atom. The molecule has 126 valence electrons. The number of anilines is 2. The van der Waals surface area contributed by atoms with Gasteiger partial charge in [-0.15, -0.1) is 0 Å². The van der Waals surface area contributed by atoms with Crippen molar-refractivity contribution >= 4 is 28.9 Å². The van der Waals surface area contributed by atoms with Crippen molar-refractivity contribution in [3.8, 4) is 0 Å². The molecule has 0 fully saturated rings. The predicted octanol–water partition coefficient (Wildman–Crippen LogP) is 4.75. The summed E-state index contributed by atoms with van der Waals surface area (Å²) in [5, 5.41) is 3.83. The molecule has 3 rings (SSSR count). The Hall–Kier alpha value is -2.85. The van der Waals surface area contributed by atoms with Gasteiger partial charge in [0.25, 0.3) is 5.91 Å². The van der Waals surface area contributed by atoms with Crippen LogP contribution in [0.25, 0.3) is 0 Å². The van der Waals surface area contributed by atoms with Crippen LogP contribution >= 0.6 is 11.6 Å². The zero-order valence-electron chi connectivity index (χ0n) is 13.8. The third kappa shape index (κ3) is 4.37. The lowest BCUT2D eigenvalue weighted by molar-refractivity contribution is 0.0779. The predicted molar refractivity (Wildman–Crippen MR) is 101 cm³/mol. The van der Waals surface area contributed by atoms with Gasteiger partial charge in [-0.05, 0) is 29.8 Å². The Morgan fingerprint density at radius 1 is 1.08 bits per heavy atom. The van der Waals surface area contributed by atoms with E-state index in [1.165, 1.54) is 0 Å². The maximum absolute atomic E-state index is 12.6. The van der Waals surface area contributed by atoms with Gasteiger partial charge in [-0.1, -0.05) is 54.1 Å². The number of hydrogen-bond donors (Lipinski definition) is 1. The lowest BCUT2D eigenvalue weighted by Crippen LogP contribution is -2.27. The Morgan fingerprint density at radius 3 is 2.56 bits per heavy atom. The lowest BCUT2D eigenvalue weighted by Gasteiger charge is -2.17. The van der Waals surface area contributed by atoms with Gasteiger partial charge in [0.15, 0.2) is 0 Å². The SMILES string of the molecule is CN(Cc1ccccc1)C(=O)c1cc(Nc2ccccc2Cl)ccn1. The number of aromatic nitrogens is 1. The number of nitrogens with one attached hydrogen (secondary N) is 1. The van der Waals surface area contributed by atoms with Crippen LogP contribution in [-0.4, -0.2) is 22.8 Å². The summed E-state index contributed by atoms with van der Waals surface area (Å²) in [4.78, 5) is 18.5. The fraction of sp³-hybridized carbons (Fsp3) is 0.100. The van der Waals surface area contributed by atoms with Gasteiger partial charge in [0, 0.05) is 25.5 Å². The van der Waals surface area contributed by atoms with E-state index >= 15 is 0 Å². The van der Waals surface area contributed by atoms with E-state index in [-0.39, 0.29) is 5.91 Å². The van der Waals surface area contributed by atoms with Crippen LogP contribution in [0.4, 0.5) is 11.4 Å². The smallest absolute Gasteiger partial charge is 0.272 e. The summed E-state index contributed by atoms with van der Waals surface area (Å²) in [5.41, 5.74) is 3.00. The van der Waals surface area contributed by atoms with Gasteiger partial charge in [-0.25, -0.2) is 0 Å². The maximum Gasteiger partial charge on any atom is 0.272 e. The Balaban J connectivity index is 1.74. The van der Waals surface area contributed by atoms with Crippen molar-refractivity contribution in [2.45, 2.75) is 6.54 Å². The minimum Gasteiger partial charge on any atom is -0.354 e. The Labute approximate surface area is 152 Å². The number of carbonyl (C=O) groups is 1. The van der Waals surface area contributed by atoms with E-state index in [2.05, 4.69) is 10.3 Å². The van der Waals surface area contributed by atoms with Crippen molar-refractivity contribution in [3.63, 3.8) is 0 Å². The molecule has 0 unspecified atom stereocenters. The first-order chi connectivity index (χ1) is 12.1. The molecule has 0 bridgehead atoms. The van der Waals surface area contributed by atoms with Gasteiger partial charge in [0.05, 0.1) is 10.7 Å². The van der Waals surface area contributed by atoms with E-state index in [1.54, 1.807) is 30.3 Å². The van der Waals surface area contributed by atoms with E-state index < -0.39 is 0 Å². The molecule has 0 aliphatic rings. The highest BCUT2D eigenvalue weighted by Gasteiger charge is 2.14. The molecule has 0 aliphatic heterocycles. The number of amides is 1. The molecule has 1 N–H and O–H groups in total. The molecule has 4 nitrogen and oxygen atoms in total. The molecule has 0 atom stereocenters. The van der Waals surface area contributed by atoms with E-state index in [0.29, 0.717) is 17.3 Å². The van der Waals surface area contributed by atoms with Crippen molar-refractivity contribution < 1.29 is 4.79 Å². The number of nitrogens with zero attached hydrogens (tertiary/aromatic N) is 2. The van der Waals surface area contributed by atoms with Crippen LogP contribution in [0.5, 0.6) is 0 Å². The molecule has 1 heterocycles. The fourth-order valence-electron chi connectivity index (χ4n) is 2.47. The maximum atomic E-state index is 12.6. The summed E-state index contributed by atoms with van der Waals surface area (Å²) in [6, 6.07) is 20.8. The summed E-state index contributed by atoms with van der Waals surface area (Å²) >= 11 is 6.16. The Kier molecular flexibility index (Phi) is 5.31. The average molecular weight is 352 g/mol. The summed E-state index contributed by atoms with van der Waals surface area (Å²) in [6.45, 7) is 0.531. The molecule has 1 aromatic heterocycles. The minimum absolute atomic E-state index is 0.133. The van der Waals surface area contributed by atoms with Crippen molar-refractivity contribution in [1.82, 2.24) is 9.88 Å².